The quantitative estimate of drug-likeness (QED) is 0.201. The number of ether oxygens (including phenoxy) is 2. The molecule has 4 rings (SSSR count). The van der Waals surface area contributed by atoms with Crippen LogP contribution >= 0.6 is 31.9 Å². The monoisotopic (exact) mass is 770 g/mol. The van der Waals surface area contributed by atoms with E-state index in [1.807, 2.05) is 0 Å². The zero-order chi connectivity index (χ0) is 32.4. The molecule has 44 heavy (non-hydrogen) atoms. The van der Waals surface area contributed by atoms with Crippen LogP contribution < -0.4 is 18.1 Å². The number of hydrogen-bond acceptors (Lipinski definition) is 8. The number of benzene rings is 4. The summed E-state index contributed by atoms with van der Waals surface area (Å²) in [5.41, 5.74) is -0.152. The van der Waals surface area contributed by atoms with Gasteiger partial charge in [-0.1, -0.05) is 24.3 Å². The molecule has 0 fully saturated rings. The minimum absolute atomic E-state index is 0.0761. The van der Waals surface area contributed by atoms with E-state index < -0.39 is 45.1 Å². The topological polar surface area (TPSA) is 168 Å². The molecular weight excluding hydrogens is 748 g/mol. The maximum Gasteiger partial charge on any atom is 0.324 e. The van der Waals surface area contributed by atoms with Crippen molar-refractivity contribution < 1.29 is 46.1 Å². The maximum absolute atomic E-state index is 13.9. The number of fused-ring (bicyclic) bond motifs is 1. The zero-order valence-corrected chi connectivity index (χ0v) is 27.8. The second-order valence-corrected chi connectivity index (χ2v) is 14.4. The lowest BCUT2D eigenvalue weighted by atomic mass is 10.1. The predicted octanol–water partition coefficient (Wildman–Crippen LogP) is 4.94. The second-order valence-electron chi connectivity index (χ2n) is 9.05. The van der Waals surface area contributed by atoms with E-state index in [-0.39, 0.29) is 40.9 Å². The van der Waals surface area contributed by atoms with Crippen LogP contribution in [-0.4, -0.2) is 66.3 Å². The highest BCUT2D eigenvalue weighted by atomic mass is 79.9. The van der Waals surface area contributed by atoms with Crippen LogP contribution in [0.15, 0.2) is 91.5 Å². The first-order valence-electron chi connectivity index (χ1n) is 12.4. The third kappa shape index (κ3) is 6.47. The van der Waals surface area contributed by atoms with Gasteiger partial charge >= 0.3 is 11.9 Å². The molecule has 0 saturated heterocycles. The van der Waals surface area contributed by atoms with Crippen LogP contribution in [0.25, 0.3) is 10.8 Å². The van der Waals surface area contributed by atoms with Crippen molar-refractivity contribution in [3.05, 3.63) is 81.7 Å². The Bertz CT molecular complexity index is 1840. The number of anilines is 2. The van der Waals surface area contributed by atoms with E-state index in [2.05, 4.69) is 31.9 Å². The Balaban J connectivity index is 1.96. The highest BCUT2D eigenvalue weighted by molar-refractivity contribution is 9.10. The Kier molecular flexibility index (Phi) is 9.77. The standard InChI is InChI=1S/C28H24Br2N2O10S2/c1-41-17-7-11-25(21(29)13-17)43(37,38)31(15-27(33)34)23-9-10-24(20-6-4-3-5-19(20)23)32(16-28(35)36)44(39,40)26-12-8-18(42-2)14-22(26)30/h3-14H,15-16H2,1-2H3,(H,33,34)(H,35,36). The van der Waals surface area contributed by atoms with Gasteiger partial charge in [0.1, 0.15) is 34.4 Å². The van der Waals surface area contributed by atoms with Crippen LogP contribution in [0.2, 0.25) is 0 Å². The molecule has 4 aromatic rings. The van der Waals surface area contributed by atoms with Gasteiger partial charge in [0.2, 0.25) is 0 Å². The first-order chi connectivity index (χ1) is 20.7. The third-order valence-electron chi connectivity index (χ3n) is 6.39. The first kappa shape index (κ1) is 33.0. The van der Waals surface area contributed by atoms with Gasteiger partial charge in [-0.05, 0) is 80.4 Å². The van der Waals surface area contributed by atoms with E-state index in [1.54, 1.807) is 12.1 Å². The average Bonchev–Trinajstić information content (AvgIpc) is 2.97. The fraction of sp³-hybridized carbons (Fsp3) is 0.143. The van der Waals surface area contributed by atoms with Crippen LogP contribution in [-0.2, 0) is 29.6 Å². The van der Waals surface area contributed by atoms with Gasteiger partial charge < -0.3 is 19.7 Å². The van der Waals surface area contributed by atoms with Gasteiger partial charge in [-0.3, -0.25) is 18.2 Å². The van der Waals surface area contributed by atoms with Crippen molar-refractivity contribution in [3.8, 4) is 11.5 Å². The summed E-state index contributed by atoms with van der Waals surface area (Å²) in [5, 5.41) is 19.7. The van der Waals surface area contributed by atoms with Crippen molar-refractivity contribution in [2.45, 2.75) is 9.79 Å². The molecular formula is C28H24Br2N2O10S2. The van der Waals surface area contributed by atoms with Gasteiger partial charge in [-0.2, -0.15) is 0 Å². The molecule has 0 spiro atoms. The summed E-state index contributed by atoms with van der Waals surface area (Å²) in [6.07, 6.45) is 0. The van der Waals surface area contributed by atoms with Crippen molar-refractivity contribution in [1.82, 2.24) is 0 Å². The summed E-state index contributed by atoms with van der Waals surface area (Å²) in [4.78, 5) is 23.4. The van der Waals surface area contributed by atoms with E-state index in [4.69, 9.17) is 9.47 Å². The maximum atomic E-state index is 13.9. The van der Waals surface area contributed by atoms with Crippen LogP contribution in [0.5, 0.6) is 11.5 Å². The molecule has 0 aliphatic heterocycles. The Labute approximate surface area is 269 Å². The lowest BCUT2D eigenvalue weighted by Gasteiger charge is -2.28. The summed E-state index contributed by atoms with van der Waals surface area (Å²) < 4.78 is 67.6. The molecule has 0 bridgehead atoms. The smallest absolute Gasteiger partial charge is 0.324 e. The predicted molar refractivity (Wildman–Crippen MR) is 170 cm³/mol. The normalized spacial score (nSPS) is 11.6. The zero-order valence-electron chi connectivity index (χ0n) is 23.0. The Hall–Kier alpha value is -3.86. The van der Waals surface area contributed by atoms with Crippen molar-refractivity contribution in [2.24, 2.45) is 0 Å². The van der Waals surface area contributed by atoms with E-state index >= 15 is 0 Å². The minimum atomic E-state index is -4.53. The van der Waals surface area contributed by atoms with Gasteiger partial charge in [0, 0.05) is 19.7 Å². The van der Waals surface area contributed by atoms with Gasteiger partial charge in [0.15, 0.2) is 0 Å². The Morgan fingerprint density at radius 1 is 0.659 bits per heavy atom. The molecule has 0 atom stereocenters. The van der Waals surface area contributed by atoms with Crippen LogP contribution in [0.4, 0.5) is 11.4 Å². The number of carbonyl (C=O) groups is 2. The molecule has 0 radical (unpaired) electrons. The lowest BCUT2D eigenvalue weighted by Crippen LogP contribution is -2.37. The number of halogens is 2. The molecule has 0 saturated carbocycles. The molecule has 0 heterocycles. The highest BCUT2D eigenvalue weighted by Crippen LogP contribution is 2.40. The number of rotatable bonds is 12. The van der Waals surface area contributed by atoms with E-state index in [0.717, 1.165) is 0 Å². The molecule has 0 aliphatic rings. The van der Waals surface area contributed by atoms with Crippen molar-refractivity contribution >= 4 is 86.0 Å². The third-order valence-corrected chi connectivity index (χ3v) is 11.9. The van der Waals surface area contributed by atoms with Gasteiger partial charge in [-0.25, -0.2) is 16.8 Å². The van der Waals surface area contributed by atoms with Gasteiger partial charge in [-0.15, -0.1) is 0 Å². The van der Waals surface area contributed by atoms with Crippen LogP contribution in [0, 0.1) is 0 Å². The number of aliphatic carboxylic acids is 2. The number of hydrogen-bond donors (Lipinski definition) is 2. The molecule has 232 valence electrons. The number of sulfonamides is 2. The molecule has 0 unspecified atom stereocenters. The molecule has 0 aromatic heterocycles. The molecule has 16 heteroatoms. The van der Waals surface area contributed by atoms with Crippen molar-refractivity contribution in [3.63, 3.8) is 0 Å². The lowest BCUT2D eigenvalue weighted by molar-refractivity contribution is -0.136. The molecule has 12 nitrogen and oxygen atoms in total. The molecule has 4 aromatic carbocycles. The summed E-state index contributed by atoms with van der Waals surface area (Å²) in [7, 11) is -6.24. The van der Waals surface area contributed by atoms with Crippen molar-refractivity contribution in [1.29, 1.82) is 0 Å². The fourth-order valence-corrected chi connectivity index (χ4v) is 9.33. The molecule has 0 aliphatic carbocycles. The first-order valence-corrected chi connectivity index (χ1v) is 16.9. The largest absolute Gasteiger partial charge is 0.497 e. The summed E-state index contributed by atoms with van der Waals surface area (Å²) in [6.45, 7) is -1.94. The molecule has 2 N–H and O–H groups in total. The Morgan fingerprint density at radius 2 is 1.02 bits per heavy atom. The van der Waals surface area contributed by atoms with Crippen LogP contribution in [0.1, 0.15) is 0 Å². The highest BCUT2D eigenvalue weighted by Gasteiger charge is 2.34. The summed E-state index contributed by atoms with van der Waals surface area (Å²) in [6, 6.07) is 16.7. The number of carboxylic acid groups (broad SMARTS) is 2. The van der Waals surface area contributed by atoms with Crippen LogP contribution in [0.3, 0.4) is 0 Å². The van der Waals surface area contributed by atoms with Gasteiger partial charge in [0.25, 0.3) is 20.0 Å². The van der Waals surface area contributed by atoms with E-state index in [9.17, 15) is 36.6 Å². The second kappa shape index (κ2) is 13.0. The fourth-order valence-electron chi connectivity index (χ4n) is 4.42. The number of nitrogens with zero attached hydrogens (tertiary/aromatic N) is 2. The van der Waals surface area contributed by atoms with Gasteiger partial charge in [0.05, 0.1) is 25.6 Å². The van der Waals surface area contributed by atoms with Crippen molar-refractivity contribution in [2.75, 3.05) is 35.9 Å². The summed E-state index contributed by atoms with van der Waals surface area (Å²) in [5.74, 6) is -2.19. The Morgan fingerprint density at radius 3 is 1.32 bits per heavy atom. The number of methoxy groups -OCH3 is 2. The SMILES string of the molecule is COc1ccc(S(=O)(=O)N(CC(=O)O)c2ccc(N(CC(=O)O)S(=O)(=O)c3ccc(OC)cc3Br)c3ccccc23)c(Br)c1. The average molecular weight is 772 g/mol. The minimum Gasteiger partial charge on any atom is -0.497 e. The molecule has 0 amide bonds. The summed E-state index contributed by atoms with van der Waals surface area (Å²) >= 11 is 6.44. The van der Waals surface area contributed by atoms with E-state index in [0.29, 0.717) is 20.1 Å². The van der Waals surface area contributed by atoms with E-state index in [1.165, 1.54) is 74.9 Å². The number of carboxylic acids is 2.